The fraction of sp³-hybridized carbons (Fsp3) is 0.415. The molecule has 135 heavy (non-hydrogen) atoms. The summed E-state index contributed by atoms with van der Waals surface area (Å²) in [5.74, 6) is 6.30. The molecule has 0 saturated heterocycles. The Morgan fingerprint density at radius 2 is 0.519 bits per heavy atom. The van der Waals surface area contributed by atoms with Gasteiger partial charge in [0.25, 0.3) is 0 Å². The molecule has 6 aliphatic heterocycles. The van der Waals surface area contributed by atoms with Crippen LogP contribution >= 0.6 is 0 Å². The molecule has 3 fully saturated rings. The minimum atomic E-state index is -1.59. The third-order valence-corrected chi connectivity index (χ3v) is 33.8. The Morgan fingerprint density at radius 3 is 0.859 bits per heavy atom. The monoisotopic (exact) mass is 1810 g/mol. The number of pyridine rings is 6. The molecule has 0 bridgehead atoms. The van der Waals surface area contributed by atoms with Gasteiger partial charge in [-0.1, -0.05) is 187 Å². The average Bonchev–Trinajstić information content (AvgIpc) is 1.51. The van der Waals surface area contributed by atoms with E-state index in [1.807, 2.05) is 49.6 Å². The molecule has 12 heteroatoms. The van der Waals surface area contributed by atoms with Gasteiger partial charge in [0.2, 0.25) is 34.2 Å². The molecule has 0 N–H and O–H groups in total. The SMILES string of the molecule is Cc1ccc2c(c1-c1cccc[n+]1C)OC(C)(C)C2(C)C.Cc1ccc2c(c1-c1cccc[n+]1C)OC1(CC1)C2(C)C.Cc1ccc2c(c1-c1cccc[n+]1C)OC1(CCCC1)C2(C)C.Cc1ccc2c(c1-c1cccc[n+]1C)OC1(CCCCC1)C2(C)C.Cc1ccc2c(c1-c1cccc[n+]1C)OCC2(C)C.[2H]C1([2H])c2ccccc2C(C)(C)C12Cc1ccc(C)c(-c3cccc[n+]3C)c1O2. The summed E-state index contributed by atoms with van der Waals surface area (Å²) >= 11 is 0. The number of hydrogen-bond acceptors (Lipinski definition) is 6. The van der Waals surface area contributed by atoms with E-state index in [0.717, 1.165) is 74.6 Å². The van der Waals surface area contributed by atoms with Crippen LogP contribution in [-0.2, 0) is 87.6 Å². The predicted molar refractivity (Wildman–Crippen MR) is 543 cm³/mol. The third-order valence-electron chi connectivity index (χ3n) is 33.8. The lowest BCUT2D eigenvalue weighted by Crippen LogP contribution is -2.49. The third kappa shape index (κ3) is 15.5. The highest BCUT2D eigenvalue weighted by atomic mass is 16.5. The van der Waals surface area contributed by atoms with E-state index in [-0.39, 0.29) is 49.5 Å². The van der Waals surface area contributed by atoms with Gasteiger partial charge in [-0.25, -0.2) is 27.4 Å². The maximum absolute atomic E-state index is 9.15. The first-order chi connectivity index (χ1) is 64.9. The Bertz CT molecular complexity index is 6760. The summed E-state index contributed by atoms with van der Waals surface area (Å²) in [6, 6.07) is 72.5. The van der Waals surface area contributed by atoms with Gasteiger partial charge in [-0.05, 0) is 206 Å². The average molecular weight is 1810 g/mol. The number of ether oxygens (including phenoxy) is 6. The van der Waals surface area contributed by atoms with Crippen LogP contribution in [0.4, 0.5) is 0 Å². The van der Waals surface area contributed by atoms with E-state index in [1.165, 1.54) is 183 Å². The summed E-state index contributed by atoms with van der Waals surface area (Å²) in [6.45, 7) is 45.5. The van der Waals surface area contributed by atoms with Crippen molar-refractivity contribution >= 4 is 0 Å². The number of hydrogen-bond donors (Lipinski definition) is 0. The van der Waals surface area contributed by atoms with Crippen molar-refractivity contribution in [3.63, 3.8) is 0 Å². The van der Waals surface area contributed by atoms with Crippen LogP contribution in [0.5, 0.6) is 34.5 Å². The molecule has 0 radical (unpaired) electrons. The van der Waals surface area contributed by atoms with E-state index in [2.05, 4.69) is 402 Å². The van der Waals surface area contributed by atoms with Crippen LogP contribution in [-0.4, -0.2) is 34.6 Å². The normalized spacial score (nSPS) is 20.3. The fourth-order valence-corrected chi connectivity index (χ4v) is 23.8. The second kappa shape index (κ2) is 34.5. The van der Waals surface area contributed by atoms with Gasteiger partial charge in [0.05, 0.1) is 40.0 Å². The molecule has 6 aromatic heterocycles. The van der Waals surface area contributed by atoms with Gasteiger partial charge in [-0.2, -0.15) is 0 Å². The Kier molecular flexibility index (Phi) is 23.3. The van der Waals surface area contributed by atoms with E-state index in [9.17, 15) is 0 Å². The van der Waals surface area contributed by atoms with Gasteiger partial charge in [0, 0.05) is 149 Å². The maximum atomic E-state index is 9.15. The molecule has 1 atom stereocenters. The summed E-state index contributed by atoms with van der Waals surface area (Å²) in [5.41, 5.74) is 30.3. The second-order valence-corrected chi connectivity index (χ2v) is 44.3. The van der Waals surface area contributed by atoms with E-state index in [0.29, 0.717) is 6.42 Å². The molecule has 13 aromatic rings. The molecule has 3 saturated carbocycles. The second-order valence-electron chi connectivity index (χ2n) is 44.3. The van der Waals surface area contributed by atoms with Crippen molar-refractivity contribution < 1.29 is 58.6 Å². The first-order valence-corrected chi connectivity index (χ1v) is 49.6. The molecule has 10 aliphatic rings. The molecule has 23 rings (SSSR count). The summed E-state index contributed by atoms with van der Waals surface area (Å²) in [5, 5.41) is 0. The van der Waals surface area contributed by atoms with Crippen molar-refractivity contribution in [2.75, 3.05) is 6.61 Å². The van der Waals surface area contributed by atoms with Crippen LogP contribution in [0.25, 0.3) is 67.5 Å². The lowest BCUT2D eigenvalue weighted by atomic mass is 9.65. The Morgan fingerprint density at radius 1 is 0.244 bits per heavy atom. The van der Waals surface area contributed by atoms with Crippen LogP contribution in [0.3, 0.4) is 0 Å². The molecule has 12 nitrogen and oxygen atoms in total. The van der Waals surface area contributed by atoms with Gasteiger partial charge < -0.3 is 28.4 Å². The highest BCUT2D eigenvalue weighted by Gasteiger charge is 2.64. The molecular formula is C123H146N6O6+6. The lowest BCUT2D eigenvalue weighted by Gasteiger charge is -2.43. The first-order valence-electron chi connectivity index (χ1n) is 50.6. The van der Waals surface area contributed by atoms with Gasteiger partial charge in [0.1, 0.15) is 105 Å². The van der Waals surface area contributed by atoms with E-state index < -0.39 is 17.4 Å². The molecule has 12 heterocycles. The minimum absolute atomic E-state index is 0.00185. The van der Waals surface area contributed by atoms with Crippen molar-refractivity contribution in [2.45, 2.75) is 282 Å². The molecule has 7 aromatic carbocycles. The standard InChI is InChI=1S/C25H26NO.C22H28NO.C21H26NO.C19H22NO.C19H24NO.C17H20NO/c1-17-12-13-19-16-25(15-18-9-5-6-10-20(18)24(25,2)3)27-23(19)22(17)21-11-7-8-14-26(21)4;1-16-11-12-17-20(19(16)18-10-6-9-15-23(18)4)24-22(21(17,2)3)13-7-5-8-14-22;1-15-10-11-16-19(18(15)17-9-5-8-14-22(17)4)23-21(20(16,2)3)12-6-7-13-21;1-13-8-9-14-17(21-19(10-11-19)18(14,2)3)16(13)15-7-5-6-12-20(15)4;1-13-10-11-14-17(21-19(4,5)18(14,2)3)16(13)15-9-7-8-12-20(15)6;1-12-8-9-13-16(19-11-17(13,2)3)15(12)14-7-5-6-10-18(14)4/h5-14H,15-16H2,1-4H3;6,9-12,15H,5,7-8,13-14H2,1-4H3;5,8-11,14H,6-7,12-13H2,1-4H3;5-9,12H,10-11H2,1-4H3;7-12H,1-6H3;5-10H,11H2,1-4H3/q6*+1/i15D2;;;;;. The highest BCUT2D eigenvalue weighted by molar-refractivity contribution is 5.80. The first kappa shape index (κ1) is 91.0. The maximum Gasteiger partial charge on any atom is 0.216 e. The minimum Gasteiger partial charge on any atom is -0.491 e. The molecule has 4 aliphatic carbocycles. The van der Waals surface area contributed by atoms with Crippen molar-refractivity contribution in [3.8, 4) is 102 Å². The van der Waals surface area contributed by atoms with Crippen molar-refractivity contribution in [1.82, 2.24) is 0 Å². The van der Waals surface area contributed by atoms with Crippen LogP contribution in [0.1, 0.15) is 248 Å². The van der Waals surface area contributed by atoms with Crippen molar-refractivity contribution in [2.24, 2.45) is 42.3 Å². The molecular weight excluding hydrogens is 1660 g/mol. The van der Waals surface area contributed by atoms with Gasteiger partial charge >= 0.3 is 0 Å². The summed E-state index contributed by atoms with van der Waals surface area (Å²) < 4.78 is 70.7. The predicted octanol–water partition coefficient (Wildman–Crippen LogP) is 24.8. The number of aryl methyl sites for hydroxylation is 12. The fourth-order valence-electron chi connectivity index (χ4n) is 23.8. The van der Waals surface area contributed by atoms with Crippen LogP contribution in [0.15, 0.2) is 243 Å². The lowest BCUT2D eigenvalue weighted by molar-refractivity contribution is -0.660. The number of fused-ring (bicyclic) bond motifs is 7. The molecule has 0 amide bonds. The quantitative estimate of drug-likeness (QED) is 0.154. The van der Waals surface area contributed by atoms with Crippen molar-refractivity contribution in [3.05, 3.63) is 321 Å². The number of benzene rings is 7. The number of nitrogens with zero attached hydrogens (tertiary/aromatic N) is 6. The van der Waals surface area contributed by atoms with E-state index in [1.54, 1.807) is 0 Å². The smallest absolute Gasteiger partial charge is 0.216 e. The Labute approximate surface area is 808 Å². The van der Waals surface area contributed by atoms with Gasteiger partial charge in [0.15, 0.2) is 37.2 Å². The number of aromatic nitrogens is 6. The molecule has 4 spiro atoms. The van der Waals surface area contributed by atoms with Crippen LogP contribution < -0.4 is 55.8 Å². The Balaban J connectivity index is 0.000000110. The highest BCUT2D eigenvalue weighted by Crippen LogP contribution is 2.65. The summed E-state index contributed by atoms with van der Waals surface area (Å²) in [4.78, 5) is 0. The molecule has 1 unspecified atom stereocenters. The van der Waals surface area contributed by atoms with E-state index in [4.69, 9.17) is 31.2 Å². The topological polar surface area (TPSA) is 78.7 Å². The van der Waals surface area contributed by atoms with Crippen molar-refractivity contribution in [1.29, 1.82) is 0 Å². The number of rotatable bonds is 6. The van der Waals surface area contributed by atoms with Crippen LogP contribution in [0.2, 0.25) is 0 Å². The van der Waals surface area contributed by atoms with Crippen LogP contribution in [0, 0.1) is 41.5 Å². The van der Waals surface area contributed by atoms with Gasteiger partial charge in [-0.15, -0.1) is 0 Å². The van der Waals surface area contributed by atoms with Gasteiger partial charge in [-0.3, -0.25) is 0 Å². The van der Waals surface area contributed by atoms with E-state index >= 15 is 0 Å². The largest absolute Gasteiger partial charge is 0.491 e. The Hall–Kier alpha value is -11.8. The molecule has 698 valence electrons. The summed E-state index contributed by atoms with van der Waals surface area (Å²) in [6.07, 6.45) is 25.0. The zero-order valence-electron chi connectivity index (χ0n) is 87.4. The zero-order chi connectivity index (χ0) is 97.7. The zero-order valence-corrected chi connectivity index (χ0v) is 85.4. The summed E-state index contributed by atoms with van der Waals surface area (Å²) in [7, 11) is 12.5.